The fraction of sp³-hybridized carbons (Fsp3) is 0.330. The van der Waals surface area contributed by atoms with Gasteiger partial charge in [-0.25, -0.2) is 4.58 Å². The second kappa shape index (κ2) is 30.8. The van der Waals surface area contributed by atoms with Crippen molar-refractivity contribution in [2.75, 3.05) is 20.1 Å². The summed E-state index contributed by atoms with van der Waals surface area (Å²) in [5.74, 6) is 0.775. The van der Waals surface area contributed by atoms with Crippen LogP contribution in [0.5, 0.6) is 11.5 Å². The van der Waals surface area contributed by atoms with E-state index in [0.717, 1.165) is 90.6 Å². The van der Waals surface area contributed by atoms with Gasteiger partial charge in [0.1, 0.15) is 36.3 Å². The molecule has 1 N–H and O–H groups in total. The van der Waals surface area contributed by atoms with Gasteiger partial charge in [-0.05, 0) is 204 Å². The summed E-state index contributed by atoms with van der Waals surface area (Å²) in [6.45, 7) is 32.0. The van der Waals surface area contributed by atoms with Gasteiger partial charge in [-0.2, -0.15) is 0 Å². The Morgan fingerprint density at radius 3 is 1.27 bits per heavy atom. The monoisotopic (exact) mass is 1320 g/mol. The maximum atomic E-state index is 13.8. The Bertz CT molecular complexity index is 4080. The average molecular weight is 1320 g/mol. The molecule has 8 nitrogen and oxygen atoms in total. The summed E-state index contributed by atoms with van der Waals surface area (Å²) in [6, 6.07) is 58.6. The van der Waals surface area contributed by atoms with Crippen LogP contribution in [0, 0.1) is 0 Å². The van der Waals surface area contributed by atoms with Crippen molar-refractivity contribution in [1.29, 1.82) is 0 Å². The molecule has 2 aliphatic carbocycles. The van der Waals surface area contributed by atoms with Crippen molar-refractivity contribution in [1.82, 2.24) is 9.80 Å². The summed E-state index contributed by atoms with van der Waals surface area (Å²) in [5, 5.41) is 0. The van der Waals surface area contributed by atoms with E-state index in [-0.39, 0.29) is 33.2 Å². The number of Topliss-reactive ketones (excluding diaryl/α,β-unsaturated/α-hetero) is 2. The van der Waals surface area contributed by atoms with Crippen LogP contribution >= 0.6 is 0 Å². The van der Waals surface area contributed by atoms with Crippen LogP contribution < -0.4 is 14.4 Å². The minimum Gasteiger partial charge on any atom is -0.489 e. The third-order valence-electron chi connectivity index (χ3n) is 19.7. The van der Waals surface area contributed by atoms with Gasteiger partial charge in [0, 0.05) is 61.2 Å². The Hall–Kier alpha value is -9.37. The molecule has 0 saturated heterocycles. The predicted octanol–water partition coefficient (Wildman–Crippen LogP) is 19.5. The highest BCUT2D eigenvalue weighted by molar-refractivity contribution is 6.42. The number of benzene rings is 7. The van der Waals surface area contributed by atoms with E-state index >= 15 is 0 Å². The Kier molecular flexibility index (Phi) is 22.1. The van der Waals surface area contributed by atoms with Gasteiger partial charge >= 0.3 is 0 Å². The van der Waals surface area contributed by atoms with Crippen molar-refractivity contribution >= 4 is 23.0 Å². The molecular weight excluding hydrogens is 1210 g/mol. The average Bonchev–Trinajstić information content (AvgIpc) is 0.745. The normalized spacial score (nSPS) is 15.9. The van der Waals surface area contributed by atoms with Gasteiger partial charge in [0.15, 0.2) is 24.7 Å². The molecule has 7 aromatic carbocycles. The van der Waals surface area contributed by atoms with Gasteiger partial charge in [-0.1, -0.05) is 205 Å². The topological polar surface area (TPSA) is 66.5 Å². The zero-order valence-electron chi connectivity index (χ0n) is 61.1. The zero-order valence-corrected chi connectivity index (χ0v) is 61.1. The highest BCUT2D eigenvalue weighted by atomic mass is 16.5. The number of quaternary nitrogens is 1. The number of hydrogen-bond donors (Lipinski definition) is 1. The lowest BCUT2D eigenvalue weighted by Crippen LogP contribution is -3.03. The van der Waals surface area contributed by atoms with Gasteiger partial charge in [0.2, 0.25) is 5.71 Å². The van der Waals surface area contributed by atoms with E-state index in [0.29, 0.717) is 24.4 Å². The standard InChI is InChI=1S/C91H103N4O4/c1-88(2,3)76-31-21-66(22-32-76)61-95(62-67-23-33-77(34-24-67)89(4,5)6)81-41-29-74(30-42-81)85-86(96)84(87(85)97)73-27-39-80(40-28-73)92(13)51-17-15-14-16-18-52-93-53-47-71(48-54-93)72-49-55-94(56-50-72)60-65-19-25-70(26-20-65)75-58-68(63-98-82-43-35-78(36-44-82)90(7,8)9)57-69(59-75)64-99-83-45-37-79(38-46-83)91(10,11)12/h19-50,53-59,84H,14-18,51-52,60-64H2,1-13H3/q+1/p+1. The van der Waals surface area contributed by atoms with Gasteiger partial charge in [-0.15, -0.1) is 0 Å². The molecule has 0 spiro atoms. The van der Waals surface area contributed by atoms with Crippen LogP contribution in [-0.2, 0) is 64.1 Å². The summed E-state index contributed by atoms with van der Waals surface area (Å²) in [7, 11) is 2.21. The molecule has 0 bridgehead atoms. The summed E-state index contributed by atoms with van der Waals surface area (Å²) >= 11 is 0. The van der Waals surface area contributed by atoms with Gasteiger partial charge < -0.3 is 24.2 Å². The Labute approximate surface area is 591 Å². The lowest BCUT2D eigenvalue weighted by Gasteiger charge is -2.28. The fourth-order valence-electron chi connectivity index (χ4n) is 13.2. The largest absolute Gasteiger partial charge is 0.489 e. The molecule has 1 fully saturated rings. The number of carbonyl (C=O) groups is 2. The maximum absolute atomic E-state index is 13.8. The smallest absolute Gasteiger partial charge is 0.200 e. The summed E-state index contributed by atoms with van der Waals surface area (Å²) in [4.78, 5) is 33.5. The summed E-state index contributed by atoms with van der Waals surface area (Å²) in [5.41, 5.74) is 20.1. The van der Waals surface area contributed by atoms with E-state index in [1.807, 2.05) is 24.3 Å². The number of ether oxygens (including phenoxy) is 2. The first kappa shape index (κ1) is 70.9. The van der Waals surface area contributed by atoms with E-state index < -0.39 is 5.92 Å². The second-order valence-electron chi connectivity index (χ2n) is 31.7. The van der Waals surface area contributed by atoms with Crippen molar-refractivity contribution < 1.29 is 28.5 Å². The number of nitrogens with one attached hydrogen (secondary N) is 1. The molecule has 0 radical (unpaired) electrons. The molecule has 11 rings (SSSR count). The number of nitrogens with zero attached hydrogens (tertiary/aromatic N) is 3. The fourth-order valence-corrected chi connectivity index (χ4v) is 13.2. The molecule has 2 aliphatic heterocycles. The third-order valence-corrected chi connectivity index (χ3v) is 19.7. The molecule has 0 amide bonds. The Morgan fingerprint density at radius 2 is 0.818 bits per heavy atom. The third kappa shape index (κ3) is 18.7. The first-order valence-electron chi connectivity index (χ1n) is 35.9. The molecule has 1 unspecified atom stereocenters. The molecule has 0 aromatic heterocycles. The van der Waals surface area contributed by atoms with Crippen molar-refractivity contribution in [3.8, 4) is 22.6 Å². The number of unbranched alkanes of at least 4 members (excludes halogenated alkanes) is 4. The molecule has 99 heavy (non-hydrogen) atoms. The molecule has 7 aromatic rings. The van der Waals surface area contributed by atoms with Crippen molar-refractivity contribution in [3.05, 3.63) is 315 Å². The van der Waals surface area contributed by atoms with E-state index in [1.54, 1.807) is 0 Å². The quantitative estimate of drug-likeness (QED) is 0.0226. The number of allylic oxidation sites excluding steroid dienone is 12. The van der Waals surface area contributed by atoms with Crippen LogP contribution in [0.2, 0.25) is 0 Å². The number of ketones is 2. The van der Waals surface area contributed by atoms with Crippen LogP contribution in [0.15, 0.2) is 259 Å². The SMILES string of the molecule is C[NH+](CCCCCCCN1C=CC(=C2C=CN(Cc3ccc(-c4cc(COc5ccc(C(C)(C)C)cc5)cc(COc5ccc(C(C)(C)C)cc5)c4)cc3)C=C2)C=C1)c1ccc(C2C(=O)C(=C3C=CC(=[N+](Cc4ccc(C(C)(C)C)cc4)Cc4ccc(C(C)(C)C)cc4)C=C3)C2=O)cc1. The van der Waals surface area contributed by atoms with Crippen molar-refractivity contribution in [2.24, 2.45) is 0 Å². The summed E-state index contributed by atoms with van der Waals surface area (Å²) in [6.07, 6.45) is 31.5. The number of carbonyl (C=O) groups excluding carboxylic acids is 2. The highest BCUT2D eigenvalue weighted by Gasteiger charge is 2.46. The minimum absolute atomic E-state index is 0.0802. The van der Waals surface area contributed by atoms with Gasteiger partial charge in [0.25, 0.3) is 0 Å². The lowest BCUT2D eigenvalue weighted by atomic mass is 9.70. The Morgan fingerprint density at radius 1 is 0.404 bits per heavy atom. The number of rotatable bonds is 23. The maximum Gasteiger partial charge on any atom is 0.200 e. The number of hydrogen-bond acceptors (Lipinski definition) is 6. The second-order valence-corrected chi connectivity index (χ2v) is 31.7. The van der Waals surface area contributed by atoms with Gasteiger partial charge in [0.05, 0.1) is 19.2 Å². The van der Waals surface area contributed by atoms with Crippen molar-refractivity contribution in [3.63, 3.8) is 0 Å². The minimum atomic E-state index is -0.743. The molecular formula is C91H104N4O4+2. The van der Waals surface area contributed by atoms with Crippen LogP contribution in [0.1, 0.15) is 177 Å². The van der Waals surface area contributed by atoms with Crippen LogP contribution in [0.3, 0.4) is 0 Å². The van der Waals surface area contributed by atoms with Crippen molar-refractivity contribution in [2.45, 2.75) is 176 Å². The molecule has 8 heteroatoms. The molecule has 2 heterocycles. The van der Waals surface area contributed by atoms with E-state index in [9.17, 15) is 9.59 Å². The first-order chi connectivity index (χ1) is 47.3. The van der Waals surface area contributed by atoms with Crippen LogP contribution in [0.25, 0.3) is 11.1 Å². The van der Waals surface area contributed by atoms with Crippen LogP contribution in [-0.4, -0.2) is 51.8 Å². The first-order valence-corrected chi connectivity index (χ1v) is 35.9. The molecule has 4 aliphatic rings. The summed E-state index contributed by atoms with van der Waals surface area (Å²) < 4.78 is 15.1. The zero-order chi connectivity index (χ0) is 70.1. The van der Waals surface area contributed by atoms with Crippen LogP contribution in [0.4, 0.5) is 5.69 Å². The highest BCUT2D eigenvalue weighted by Crippen LogP contribution is 2.38. The van der Waals surface area contributed by atoms with E-state index in [2.05, 4.69) is 317 Å². The molecule has 1 saturated carbocycles. The predicted molar refractivity (Wildman–Crippen MR) is 409 cm³/mol. The lowest BCUT2D eigenvalue weighted by molar-refractivity contribution is -0.810. The van der Waals surface area contributed by atoms with Gasteiger partial charge in [-0.3, -0.25) is 9.59 Å². The molecule has 1 atom stereocenters. The molecule has 510 valence electrons. The van der Waals surface area contributed by atoms with E-state index in [1.165, 1.54) is 79.9 Å². The van der Waals surface area contributed by atoms with E-state index in [4.69, 9.17) is 9.47 Å². The Balaban J connectivity index is 0.605.